The Balaban J connectivity index is 1.78. The first-order valence-corrected chi connectivity index (χ1v) is 9.75. The van der Waals surface area contributed by atoms with E-state index in [4.69, 9.17) is 0 Å². The van der Waals surface area contributed by atoms with Gasteiger partial charge in [0, 0.05) is 23.8 Å². The summed E-state index contributed by atoms with van der Waals surface area (Å²) < 4.78 is 0.270. The van der Waals surface area contributed by atoms with Crippen LogP contribution in [0.4, 0.5) is 16.2 Å². The number of carbonyl (C=O) groups is 3. The molecule has 30 heavy (non-hydrogen) atoms. The normalized spacial score (nSPS) is 15.0. The molecule has 1 fully saturated rings. The molecular formula is C18H10BrN3O7S. The molecule has 0 bridgehead atoms. The Morgan fingerprint density at radius 3 is 2.33 bits per heavy atom. The molecular weight excluding hydrogens is 482 g/mol. The largest absolute Gasteiger partial charge is 0.293 e. The first kappa shape index (κ1) is 21.3. The van der Waals surface area contributed by atoms with E-state index in [1.807, 2.05) is 0 Å². The number of nitro groups is 2. The van der Waals surface area contributed by atoms with Crippen LogP contribution in [0.1, 0.15) is 15.9 Å². The van der Waals surface area contributed by atoms with Gasteiger partial charge < -0.3 is 0 Å². The fraction of sp³-hybridized carbons (Fsp3) is 0.0556. The fourth-order valence-corrected chi connectivity index (χ4v) is 3.78. The third kappa shape index (κ3) is 4.44. The van der Waals surface area contributed by atoms with Crippen molar-refractivity contribution in [1.29, 1.82) is 0 Å². The molecule has 0 spiro atoms. The lowest BCUT2D eigenvalue weighted by Gasteiger charge is -2.11. The number of hydrogen-bond acceptors (Lipinski definition) is 8. The molecule has 3 rings (SSSR count). The Morgan fingerprint density at radius 1 is 1.07 bits per heavy atom. The van der Waals surface area contributed by atoms with E-state index in [1.165, 1.54) is 36.4 Å². The molecule has 0 aromatic heterocycles. The van der Waals surface area contributed by atoms with Crippen LogP contribution in [0.2, 0.25) is 0 Å². The van der Waals surface area contributed by atoms with Crippen LogP contribution in [0.3, 0.4) is 0 Å². The van der Waals surface area contributed by atoms with Gasteiger partial charge in [-0.25, -0.2) is 0 Å². The summed E-state index contributed by atoms with van der Waals surface area (Å²) in [5.74, 6) is -1.27. The van der Waals surface area contributed by atoms with Crippen molar-refractivity contribution in [1.82, 2.24) is 4.90 Å². The van der Waals surface area contributed by atoms with Gasteiger partial charge in [0.1, 0.15) is 0 Å². The molecule has 1 heterocycles. The second kappa shape index (κ2) is 8.55. The Hall–Kier alpha value is -3.38. The molecule has 2 aromatic rings. The maximum Gasteiger partial charge on any atom is 0.293 e. The predicted octanol–water partition coefficient (Wildman–Crippen LogP) is 4.18. The minimum absolute atomic E-state index is 0.0214. The van der Waals surface area contributed by atoms with Crippen LogP contribution in [-0.4, -0.2) is 38.2 Å². The molecule has 1 aliphatic rings. The smallest absolute Gasteiger partial charge is 0.292 e. The van der Waals surface area contributed by atoms with Gasteiger partial charge in [0.25, 0.3) is 22.5 Å². The van der Waals surface area contributed by atoms with E-state index < -0.39 is 33.3 Å². The average Bonchev–Trinajstić information content (AvgIpc) is 2.96. The van der Waals surface area contributed by atoms with E-state index in [0.717, 1.165) is 17.0 Å². The number of non-ortho nitro benzene ring substituents is 1. The van der Waals surface area contributed by atoms with Crippen LogP contribution in [-0.2, 0) is 4.79 Å². The predicted molar refractivity (Wildman–Crippen MR) is 111 cm³/mol. The highest BCUT2D eigenvalue weighted by Gasteiger charge is 2.36. The molecule has 152 valence electrons. The number of rotatable bonds is 6. The molecule has 10 nitrogen and oxygen atoms in total. The van der Waals surface area contributed by atoms with Gasteiger partial charge in [-0.15, -0.1) is 0 Å². The highest BCUT2D eigenvalue weighted by molar-refractivity contribution is 9.10. The summed E-state index contributed by atoms with van der Waals surface area (Å²) in [6, 6.07) is 9.04. The van der Waals surface area contributed by atoms with Crippen molar-refractivity contribution in [3.8, 4) is 0 Å². The molecule has 0 unspecified atom stereocenters. The van der Waals surface area contributed by atoms with Gasteiger partial charge >= 0.3 is 0 Å². The van der Waals surface area contributed by atoms with Crippen LogP contribution in [0.15, 0.2) is 51.8 Å². The number of halogens is 1. The quantitative estimate of drug-likeness (QED) is 0.253. The SMILES string of the molecule is O=C(CN1C(=O)S/C(=C\c2ccc(Br)c([N+](=O)[O-])c2)C1=O)c1ccc([N+](=O)[O-])cc1. The van der Waals surface area contributed by atoms with Crippen molar-refractivity contribution in [2.75, 3.05) is 6.54 Å². The van der Waals surface area contributed by atoms with E-state index in [0.29, 0.717) is 17.3 Å². The molecule has 1 aliphatic heterocycles. The lowest BCUT2D eigenvalue weighted by atomic mass is 10.1. The van der Waals surface area contributed by atoms with E-state index in [2.05, 4.69) is 15.9 Å². The van der Waals surface area contributed by atoms with E-state index in [-0.39, 0.29) is 26.3 Å². The van der Waals surface area contributed by atoms with Gasteiger partial charge in [-0.3, -0.25) is 39.5 Å². The van der Waals surface area contributed by atoms with Gasteiger partial charge in [-0.2, -0.15) is 0 Å². The van der Waals surface area contributed by atoms with Crippen molar-refractivity contribution < 1.29 is 24.2 Å². The van der Waals surface area contributed by atoms with Crippen molar-refractivity contribution >= 4 is 62.1 Å². The average molecular weight is 492 g/mol. The second-order valence-electron chi connectivity index (χ2n) is 5.96. The summed E-state index contributed by atoms with van der Waals surface area (Å²) in [5, 5.41) is 21.1. The zero-order valence-electron chi connectivity index (χ0n) is 14.8. The Labute approximate surface area is 181 Å². The summed E-state index contributed by atoms with van der Waals surface area (Å²) in [6.45, 7) is -0.527. The van der Waals surface area contributed by atoms with Crippen LogP contribution in [0, 0.1) is 20.2 Å². The highest BCUT2D eigenvalue weighted by atomic mass is 79.9. The zero-order chi connectivity index (χ0) is 22.0. The number of ketones is 1. The summed E-state index contributed by atoms with van der Waals surface area (Å²) in [7, 11) is 0. The van der Waals surface area contributed by atoms with Crippen molar-refractivity contribution in [3.63, 3.8) is 0 Å². The number of nitro benzene ring substituents is 2. The number of amides is 2. The molecule has 12 heteroatoms. The van der Waals surface area contributed by atoms with E-state index in [9.17, 15) is 34.6 Å². The molecule has 2 amide bonds. The molecule has 1 saturated heterocycles. The summed E-state index contributed by atoms with van der Waals surface area (Å²) in [4.78, 5) is 58.4. The third-order valence-corrected chi connectivity index (χ3v) is 5.62. The molecule has 0 aliphatic carbocycles. The van der Waals surface area contributed by atoms with E-state index in [1.54, 1.807) is 0 Å². The van der Waals surface area contributed by atoms with Crippen molar-refractivity contribution in [2.45, 2.75) is 0 Å². The zero-order valence-corrected chi connectivity index (χ0v) is 17.2. The van der Waals surface area contributed by atoms with Crippen LogP contribution in [0.5, 0.6) is 0 Å². The van der Waals surface area contributed by atoms with Gasteiger partial charge in [0.05, 0.1) is 25.8 Å². The number of nitrogens with zero attached hydrogens (tertiary/aromatic N) is 3. The Morgan fingerprint density at radius 2 is 1.73 bits per heavy atom. The van der Waals surface area contributed by atoms with Crippen molar-refractivity contribution in [3.05, 3.63) is 83.2 Å². The minimum Gasteiger partial charge on any atom is -0.292 e. The Bertz CT molecular complexity index is 1130. The topological polar surface area (TPSA) is 141 Å². The lowest BCUT2D eigenvalue weighted by Crippen LogP contribution is -2.33. The van der Waals surface area contributed by atoms with Crippen LogP contribution >= 0.6 is 27.7 Å². The summed E-state index contributed by atoms with van der Waals surface area (Å²) in [5.41, 5.74) is 0.0739. The summed E-state index contributed by atoms with van der Waals surface area (Å²) >= 11 is 3.68. The fourth-order valence-electron chi connectivity index (χ4n) is 2.55. The standard InChI is InChI=1S/C18H10BrN3O7S/c19-13-6-1-10(7-14(13)22(28)29)8-16-17(24)20(18(25)30-16)9-15(23)11-2-4-12(5-3-11)21(26)27/h1-8H,9H2/b16-8-. The number of imide groups is 1. The van der Waals surface area contributed by atoms with Gasteiger partial charge in [-0.1, -0.05) is 6.07 Å². The first-order chi connectivity index (χ1) is 14.2. The number of carbonyl (C=O) groups excluding carboxylic acids is 3. The second-order valence-corrected chi connectivity index (χ2v) is 7.81. The first-order valence-electron chi connectivity index (χ1n) is 8.14. The van der Waals surface area contributed by atoms with Gasteiger partial charge in [0.15, 0.2) is 5.78 Å². The minimum atomic E-state index is -0.703. The van der Waals surface area contributed by atoms with Gasteiger partial charge in [-0.05, 0) is 57.5 Å². The monoisotopic (exact) mass is 491 g/mol. The maximum atomic E-state index is 12.5. The number of benzene rings is 2. The maximum absolute atomic E-state index is 12.5. The third-order valence-electron chi connectivity index (χ3n) is 4.04. The van der Waals surface area contributed by atoms with Crippen LogP contribution in [0.25, 0.3) is 6.08 Å². The summed E-state index contributed by atoms with van der Waals surface area (Å²) in [6.07, 6.45) is 1.33. The van der Waals surface area contributed by atoms with Crippen molar-refractivity contribution in [2.24, 2.45) is 0 Å². The molecule has 0 radical (unpaired) electrons. The van der Waals surface area contributed by atoms with E-state index >= 15 is 0 Å². The lowest BCUT2D eigenvalue weighted by molar-refractivity contribution is -0.385. The number of Topliss-reactive ketones (excluding diaryl/α,β-unsaturated/α-hetero) is 1. The van der Waals surface area contributed by atoms with Gasteiger partial charge in [0.2, 0.25) is 0 Å². The molecule has 0 saturated carbocycles. The molecule has 2 aromatic carbocycles. The molecule has 0 N–H and O–H groups in total. The van der Waals surface area contributed by atoms with Crippen LogP contribution < -0.4 is 0 Å². The Kier molecular flexibility index (Phi) is 6.08. The highest BCUT2D eigenvalue weighted by Crippen LogP contribution is 2.34. The number of thioether (sulfide) groups is 1. The number of hydrogen-bond donors (Lipinski definition) is 0. The molecule has 0 atom stereocenters.